The molecule has 0 amide bonds. The Hall–Kier alpha value is 0.590. The number of thioether (sulfide) groups is 1. The molecule has 6 atom stereocenters. The lowest BCUT2D eigenvalue weighted by Gasteiger charge is -2.41. The minimum atomic E-state index is -3.46. The highest BCUT2D eigenvalue weighted by molar-refractivity contribution is 8.35. The van der Waals surface area contributed by atoms with Crippen molar-refractivity contribution in [2.45, 2.75) is 92.3 Å². The van der Waals surface area contributed by atoms with E-state index in [1.165, 1.54) is 24.6 Å². The van der Waals surface area contributed by atoms with E-state index in [1.54, 1.807) is 0 Å². The Morgan fingerprint density at radius 2 is 1.29 bits per heavy atom. The van der Waals surface area contributed by atoms with Crippen LogP contribution in [0.1, 0.15) is 80.1 Å². The molecule has 0 aromatic heterocycles. The minimum absolute atomic E-state index is 0.0294. The van der Waals surface area contributed by atoms with Gasteiger partial charge in [0, 0.05) is 0 Å². The van der Waals surface area contributed by atoms with Crippen molar-refractivity contribution in [1.82, 2.24) is 0 Å². The van der Waals surface area contributed by atoms with Gasteiger partial charge in [0.25, 0.3) is 0 Å². The van der Waals surface area contributed by atoms with Gasteiger partial charge in [-0.3, -0.25) is 4.57 Å². The first-order chi connectivity index (χ1) is 13.1. The van der Waals surface area contributed by atoms with Crippen molar-refractivity contribution in [2.75, 3.05) is 6.26 Å². The Kier molecular flexibility index (Phi) is 9.55. The molecule has 0 aromatic carbocycles. The van der Waals surface area contributed by atoms with Crippen LogP contribution in [0.4, 0.5) is 0 Å². The molecule has 0 spiro atoms. The summed E-state index contributed by atoms with van der Waals surface area (Å²) in [6, 6.07) is 0. The first kappa shape index (κ1) is 24.9. The molecule has 6 heteroatoms. The summed E-state index contributed by atoms with van der Waals surface area (Å²) in [5.74, 6) is 3.04. The molecular weight excluding hydrogens is 407 g/mol. The van der Waals surface area contributed by atoms with Crippen LogP contribution in [-0.4, -0.2) is 22.4 Å². The quantitative estimate of drug-likeness (QED) is 0.293. The minimum Gasteiger partial charge on any atom is -0.301 e. The molecule has 2 rings (SSSR count). The third-order valence-corrected chi connectivity index (χ3v) is 11.2. The zero-order chi connectivity index (χ0) is 21.1. The molecule has 3 nitrogen and oxygen atoms in total. The van der Waals surface area contributed by atoms with Crippen molar-refractivity contribution in [1.29, 1.82) is 0 Å². The SMILES string of the molecule is CSC(=S)P(=O)(O[C@@H]1C[C@H](C)CC[C@H]1C(C)C)O[C@@H]1C[C@H](C)CC[C@H]1C(C)C. The second-order valence-corrected chi connectivity index (χ2v) is 13.9. The van der Waals surface area contributed by atoms with E-state index in [9.17, 15) is 4.57 Å². The van der Waals surface area contributed by atoms with E-state index in [1.807, 2.05) is 6.26 Å². The van der Waals surface area contributed by atoms with Gasteiger partial charge < -0.3 is 9.05 Å². The van der Waals surface area contributed by atoms with Gasteiger partial charge in [-0.05, 0) is 67.4 Å². The fourth-order valence-electron chi connectivity index (χ4n) is 5.05. The smallest absolute Gasteiger partial charge is 0.301 e. The molecule has 2 fully saturated rings. The van der Waals surface area contributed by atoms with Crippen molar-refractivity contribution in [3.63, 3.8) is 0 Å². The van der Waals surface area contributed by atoms with Crippen molar-refractivity contribution < 1.29 is 13.6 Å². The predicted molar refractivity (Wildman–Crippen MR) is 126 cm³/mol. The Bertz CT molecular complexity index is 528. The second kappa shape index (κ2) is 10.8. The number of hydrogen-bond donors (Lipinski definition) is 0. The maximum absolute atomic E-state index is 14.0. The lowest BCUT2D eigenvalue weighted by atomic mass is 9.75. The highest BCUT2D eigenvalue weighted by atomic mass is 32.2. The van der Waals surface area contributed by atoms with E-state index in [2.05, 4.69) is 41.5 Å². The standard InChI is InChI=1S/C22H41O3PS2/c1-14(2)18-10-8-16(5)12-20(18)24-26(23,22(27)28-7)25-21-13-17(6)9-11-19(21)15(3)4/h14-21H,8-13H2,1-7H3/t16-,17-,18+,19+,20-,21-/m1/s1. The van der Waals surface area contributed by atoms with E-state index in [4.69, 9.17) is 21.3 Å². The largest absolute Gasteiger partial charge is 0.378 e. The van der Waals surface area contributed by atoms with Crippen molar-refractivity contribution >= 4 is 35.5 Å². The van der Waals surface area contributed by atoms with Gasteiger partial charge in [0.1, 0.15) is 0 Å². The fourth-order valence-corrected chi connectivity index (χ4v) is 7.88. The van der Waals surface area contributed by atoms with Gasteiger partial charge in [-0.15, -0.1) is 11.8 Å². The summed E-state index contributed by atoms with van der Waals surface area (Å²) in [6.45, 7) is 13.5. The first-order valence-electron chi connectivity index (χ1n) is 11.1. The average Bonchev–Trinajstić information content (AvgIpc) is 2.60. The molecule has 0 N–H and O–H groups in total. The van der Waals surface area contributed by atoms with Crippen LogP contribution in [0.25, 0.3) is 0 Å². The molecule has 0 heterocycles. The van der Waals surface area contributed by atoms with Crippen LogP contribution in [0.15, 0.2) is 0 Å². The normalized spacial score (nSPS) is 34.8. The van der Waals surface area contributed by atoms with Gasteiger partial charge in [0.2, 0.25) is 0 Å². The van der Waals surface area contributed by atoms with E-state index in [-0.39, 0.29) is 12.2 Å². The van der Waals surface area contributed by atoms with Gasteiger partial charge >= 0.3 is 7.60 Å². The summed E-state index contributed by atoms with van der Waals surface area (Å²) in [6.07, 6.45) is 8.41. The summed E-state index contributed by atoms with van der Waals surface area (Å²) in [4.78, 5) is 0. The van der Waals surface area contributed by atoms with Crippen LogP contribution in [0.3, 0.4) is 0 Å². The van der Waals surface area contributed by atoms with Crippen molar-refractivity contribution in [3.8, 4) is 0 Å². The number of hydrogen-bond acceptors (Lipinski definition) is 5. The molecule has 2 saturated carbocycles. The van der Waals surface area contributed by atoms with Gasteiger partial charge in [0.05, 0.1) is 12.2 Å². The Labute approximate surface area is 183 Å². The number of thiocarbonyl (C=S) groups is 1. The van der Waals surface area contributed by atoms with E-state index >= 15 is 0 Å². The van der Waals surface area contributed by atoms with Crippen molar-refractivity contribution in [2.24, 2.45) is 35.5 Å². The van der Waals surface area contributed by atoms with E-state index < -0.39 is 7.60 Å². The molecule has 164 valence electrons. The Morgan fingerprint density at radius 3 is 1.61 bits per heavy atom. The van der Waals surface area contributed by atoms with Crippen LogP contribution < -0.4 is 0 Å². The van der Waals surface area contributed by atoms with Gasteiger partial charge in [-0.25, -0.2) is 0 Å². The average molecular weight is 449 g/mol. The van der Waals surface area contributed by atoms with Crippen LogP contribution >= 0.6 is 31.6 Å². The molecule has 2 aliphatic rings. The summed E-state index contributed by atoms with van der Waals surface area (Å²) in [7, 11) is -3.46. The monoisotopic (exact) mass is 448 g/mol. The maximum Gasteiger partial charge on any atom is 0.378 e. The molecule has 0 radical (unpaired) electrons. The molecular formula is C22H41O3PS2. The number of rotatable bonds is 7. The zero-order valence-corrected chi connectivity index (χ0v) is 21.4. The lowest BCUT2D eigenvalue weighted by Crippen LogP contribution is -2.37. The van der Waals surface area contributed by atoms with Crippen molar-refractivity contribution in [3.05, 3.63) is 0 Å². The topological polar surface area (TPSA) is 35.5 Å². The molecule has 0 unspecified atom stereocenters. The predicted octanol–water partition coefficient (Wildman–Crippen LogP) is 7.78. The van der Waals surface area contributed by atoms with E-state index in [0.29, 0.717) is 39.4 Å². The Balaban J connectivity index is 2.24. The highest BCUT2D eigenvalue weighted by Crippen LogP contribution is 2.59. The van der Waals surface area contributed by atoms with Crippen LogP contribution in [0.5, 0.6) is 0 Å². The first-order valence-corrected chi connectivity index (χ1v) is 14.3. The third-order valence-electron chi connectivity index (χ3n) is 6.87. The summed E-state index contributed by atoms with van der Waals surface area (Å²) in [5.41, 5.74) is 0. The molecule has 0 bridgehead atoms. The second-order valence-electron chi connectivity index (χ2n) is 9.91. The van der Waals surface area contributed by atoms with Gasteiger partial charge in [0.15, 0.2) is 3.94 Å². The summed E-state index contributed by atoms with van der Waals surface area (Å²) >= 11 is 6.89. The highest BCUT2D eigenvalue weighted by Gasteiger charge is 2.44. The molecule has 0 aliphatic heterocycles. The molecule has 2 aliphatic carbocycles. The van der Waals surface area contributed by atoms with Crippen LogP contribution in [0.2, 0.25) is 0 Å². The van der Waals surface area contributed by atoms with Crippen LogP contribution in [0, 0.1) is 35.5 Å². The summed E-state index contributed by atoms with van der Waals surface area (Å²) in [5, 5.41) is 0. The fraction of sp³-hybridized carbons (Fsp3) is 0.955. The van der Waals surface area contributed by atoms with E-state index in [0.717, 1.165) is 25.7 Å². The Morgan fingerprint density at radius 1 is 0.893 bits per heavy atom. The molecule has 28 heavy (non-hydrogen) atoms. The van der Waals surface area contributed by atoms with Gasteiger partial charge in [-0.2, -0.15) is 0 Å². The van der Waals surface area contributed by atoms with Gasteiger partial charge in [-0.1, -0.05) is 66.6 Å². The molecule has 0 aromatic rings. The zero-order valence-electron chi connectivity index (χ0n) is 18.8. The molecule has 0 saturated heterocycles. The maximum atomic E-state index is 14.0. The van der Waals surface area contributed by atoms with Crippen LogP contribution in [-0.2, 0) is 13.6 Å². The lowest BCUT2D eigenvalue weighted by molar-refractivity contribution is 0.00136. The summed E-state index contributed by atoms with van der Waals surface area (Å²) < 4.78 is 27.2. The third kappa shape index (κ3) is 6.30.